The van der Waals surface area contributed by atoms with Gasteiger partial charge < -0.3 is 14.8 Å². The molecule has 0 saturated carbocycles. The molecule has 0 amide bonds. The molecule has 106 valence electrons. The first-order valence-corrected chi connectivity index (χ1v) is 6.46. The fourth-order valence-corrected chi connectivity index (χ4v) is 1.78. The summed E-state index contributed by atoms with van der Waals surface area (Å²) in [5, 5.41) is 3.41. The van der Waals surface area contributed by atoms with Crippen LogP contribution in [0.4, 0.5) is 5.95 Å². The molecule has 0 fully saturated rings. The Kier molecular flexibility index (Phi) is 4.57. The van der Waals surface area contributed by atoms with Crippen molar-refractivity contribution in [3.63, 3.8) is 0 Å². The summed E-state index contributed by atoms with van der Waals surface area (Å²) in [6.45, 7) is 2.35. The normalized spacial score (nSPS) is 10.2. The zero-order chi connectivity index (χ0) is 14.5. The van der Waals surface area contributed by atoms with Gasteiger partial charge in [0.25, 0.3) is 0 Å². The van der Waals surface area contributed by atoms with Gasteiger partial charge >= 0.3 is 6.01 Å². The highest BCUT2D eigenvalue weighted by Gasteiger charge is 2.11. The van der Waals surface area contributed by atoms with Crippen molar-refractivity contribution < 1.29 is 9.47 Å². The maximum atomic E-state index is 6.01. The number of halogens is 1. The predicted octanol–water partition coefficient (Wildman–Crippen LogP) is 2.64. The van der Waals surface area contributed by atoms with Gasteiger partial charge in [0.1, 0.15) is 5.75 Å². The van der Waals surface area contributed by atoms with Crippen molar-refractivity contribution in [2.24, 2.45) is 0 Å². The molecule has 0 aliphatic rings. The van der Waals surface area contributed by atoms with Crippen LogP contribution in [0, 0.1) is 0 Å². The Hall–Kier alpha value is -2.08. The van der Waals surface area contributed by atoms with Gasteiger partial charge in [-0.1, -0.05) is 11.6 Å². The molecule has 1 N–H and O–H groups in total. The number of nitrogens with one attached hydrogen (secondary N) is 1. The first-order valence-electron chi connectivity index (χ1n) is 6.08. The smallest absolute Gasteiger partial charge is 0.321 e. The van der Waals surface area contributed by atoms with Crippen LogP contribution in [0.1, 0.15) is 6.92 Å². The molecular formula is C13H15ClN4O2. The Morgan fingerprint density at radius 1 is 1.25 bits per heavy atom. The van der Waals surface area contributed by atoms with Gasteiger partial charge in [-0.15, -0.1) is 0 Å². The summed E-state index contributed by atoms with van der Waals surface area (Å²) < 4.78 is 10.5. The Labute approximate surface area is 122 Å². The van der Waals surface area contributed by atoms with E-state index in [1.165, 1.54) is 0 Å². The fourth-order valence-electron chi connectivity index (χ4n) is 1.59. The molecule has 2 rings (SSSR count). The molecule has 0 aliphatic carbocycles. The molecule has 0 bridgehead atoms. The van der Waals surface area contributed by atoms with Crippen LogP contribution in [0.25, 0.3) is 11.4 Å². The minimum atomic E-state index is 0.274. The van der Waals surface area contributed by atoms with Crippen molar-refractivity contribution in [2.75, 3.05) is 26.1 Å². The number of methoxy groups -OCH3 is 1. The zero-order valence-corrected chi connectivity index (χ0v) is 12.2. The lowest BCUT2D eigenvalue weighted by Gasteiger charge is -2.08. The number of rotatable bonds is 5. The van der Waals surface area contributed by atoms with Crippen LogP contribution in [-0.4, -0.2) is 35.7 Å². The number of aromatic nitrogens is 3. The van der Waals surface area contributed by atoms with Gasteiger partial charge in [-0.2, -0.15) is 15.0 Å². The minimum Gasteiger partial charge on any atom is -0.495 e. The maximum Gasteiger partial charge on any atom is 0.321 e. The predicted molar refractivity (Wildman–Crippen MR) is 77.5 cm³/mol. The van der Waals surface area contributed by atoms with E-state index in [9.17, 15) is 0 Å². The van der Waals surface area contributed by atoms with Gasteiger partial charge in [-0.05, 0) is 25.1 Å². The Balaban J connectivity index is 2.47. The molecule has 0 atom stereocenters. The molecule has 0 saturated heterocycles. The number of nitrogens with zero attached hydrogens (tertiary/aromatic N) is 3. The molecule has 0 radical (unpaired) electrons. The van der Waals surface area contributed by atoms with Crippen LogP contribution in [0.2, 0.25) is 5.02 Å². The van der Waals surface area contributed by atoms with Gasteiger partial charge in [0.2, 0.25) is 5.95 Å². The second-order valence-electron chi connectivity index (χ2n) is 3.80. The lowest BCUT2D eigenvalue weighted by Crippen LogP contribution is -2.05. The molecule has 0 aliphatic heterocycles. The maximum absolute atomic E-state index is 6.01. The number of hydrogen-bond acceptors (Lipinski definition) is 6. The van der Waals surface area contributed by atoms with Crippen LogP contribution >= 0.6 is 11.6 Å². The van der Waals surface area contributed by atoms with Crippen molar-refractivity contribution in [1.29, 1.82) is 0 Å². The van der Waals surface area contributed by atoms with E-state index in [0.717, 1.165) is 5.56 Å². The van der Waals surface area contributed by atoms with Crippen molar-refractivity contribution in [3.8, 4) is 23.1 Å². The molecule has 1 aromatic carbocycles. The first-order chi connectivity index (χ1) is 9.67. The molecule has 2 aromatic rings. The highest BCUT2D eigenvalue weighted by Crippen LogP contribution is 2.29. The molecule has 0 spiro atoms. The molecule has 1 heterocycles. The van der Waals surface area contributed by atoms with Crippen molar-refractivity contribution in [3.05, 3.63) is 23.2 Å². The average molecular weight is 295 g/mol. The van der Waals surface area contributed by atoms with E-state index < -0.39 is 0 Å². The van der Waals surface area contributed by atoms with E-state index in [1.54, 1.807) is 26.3 Å². The fraction of sp³-hybridized carbons (Fsp3) is 0.308. The van der Waals surface area contributed by atoms with Gasteiger partial charge in [-0.25, -0.2) is 0 Å². The largest absolute Gasteiger partial charge is 0.495 e. The molecule has 6 nitrogen and oxygen atoms in total. The summed E-state index contributed by atoms with van der Waals surface area (Å²) in [5.41, 5.74) is 0.770. The summed E-state index contributed by atoms with van der Waals surface area (Å²) in [5.74, 6) is 1.49. The number of hydrogen-bond donors (Lipinski definition) is 1. The number of ether oxygens (including phenoxy) is 2. The van der Waals surface area contributed by atoms with Crippen LogP contribution in [0.15, 0.2) is 18.2 Å². The topological polar surface area (TPSA) is 69.2 Å². The number of anilines is 1. The molecule has 0 unspecified atom stereocenters. The Morgan fingerprint density at radius 2 is 2.05 bits per heavy atom. The van der Waals surface area contributed by atoms with Gasteiger partial charge in [0.15, 0.2) is 5.82 Å². The van der Waals surface area contributed by atoms with E-state index in [4.69, 9.17) is 21.1 Å². The highest BCUT2D eigenvalue weighted by atomic mass is 35.5. The molecule has 20 heavy (non-hydrogen) atoms. The first kappa shape index (κ1) is 14.3. The molecule has 1 aromatic heterocycles. The number of benzene rings is 1. The summed E-state index contributed by atoms with van der Waals surface area (Å²) in [6, 6.07) is 5.59. The van der Waals surface area contributed by atoms with Crippen molar-refractivity contribution >= 4 is 17.5 Å². The highest BCUT2D eigenvalue weighted by molar-refractivity contribution is 6.32. The second-order valence-corrected chi connectivity index (χ2v) is 4.20. The third kappa shape index (κ3) is 3.08. The average Bonchev–Trinajstić information content (AvgIpc) is 2.47. The van der Waals surface area contributed by atoms with Crippen LogP contribution < -0.4 is 14.8 Å². The summed E-state index contributed by atoms with van der Waals surface area (Å²) in [6.07, 6.45) is 0. The second kappa shape index (κ2) is 6.38. The van der Waals surface area contributed by atoms with E-state index in [-0.39, 0.29) is 6.01 Å². The van der Waals surface area contributed by atoms with Crippen LogP contribution in [0.5, 0.6) is 11.8 Å². The lowest BCUT2D eigenvalue weighted by atomic mass is 10.2. The lowest BCUT2D eigenvalue weighted by molar-refractivity contribution is 0.312. The zero-order valence-electron chi connectivity index (χ0n) is 11.5. The standard InChI is InChI=1S/C13H15ClN4O2/c1-4-20-13-17-11(16-12(15-2)18-13)8-5-6-9(14)10(7-8)19-3/h5-7H,4H2,1-3H3,(H,15,16,17,18). The van der Waals surface area contributed by atoms with Crippen molar-refractivity contribution in [1.82, 2.24) is 15.0 Å². The summed E-state index contributed by atoms with van der Waals surface area (Å²) in [4.78, 5) is 12.7. The minimum absolute atomic E-state index is 0.274. The van der Waals surface area contributed by atoms with Gasteiger partial charge in [0, 0.05) is 12.6 Å². The third-order valence-electron chi connectivity index (χ3n) is 2.52. The monoisotopic (exact) mass is 294 g/mol. The van der Waals surface area contributed by atoms with Gasteiger partial charge in [-0.3, -0.25) is 0 Å². The van der Waals surface area contributed by atoms with E-state index in [1.807, 2.05) is 13.0 Å². The van der Waals surface area contributed by atoms with Crippen LogP contribution in [0.3, 0.4) is 0 Å². The van der Waals surface area contributed by atoms with Crippen molar-refractivity contribution in [2.45, 2.75) is 6.92 Å². The molecule has 7 heteroatoms. The van der Waals surface area contributed by atoms with Gasteiger partial charge in [0.05, 0.1) is 18.7 Å². The van der Waals surface area contributed by atoms with E-state index in [2.05, 4.69) is 20.3 Å². The van der Waals surface area contributed by atoms with Crippen LogP contribution in [-0.2, 0) is 0 Å². The summed E-state index contributed by atoms with van der Waals surface area (Å²) in [7, 11) is 3.29. The Morgan fingerprint density at radius 3 is 2.70 bits per heavy atom. The summed E-state index contributed by atoms with van der Waals surface area (Å²) >= 11 is 6.01. The Bertz CT molecular complexity index is 607. The van der Waals surface area contributed by atoms with E-state index >= 15 is 0 Å². The third-order valence-corrected chi connectivity index (χ3v) is 2.83. The molecular weight excluding hydrogens is 280 g/mol. The van der Waals surface area contributed by atoms with E-state index in [0.29, 0.717) is 29.2 Å². The quantitative estimate of drug-likeness (QED) is 0.914. The SMILES string of the molecule is CCOc1nc(NC)nc(-c2ccc(Cl)c(OC)c2)n1.